The molecule has 8 bridgehead atoms. The first-order valence-corrected chi connectivity index (χ1v) is 23.8. The largest absolute Gasteiger partial charge is 0.324 e. The van der Waals surface area contributed by atoms with Crippen LogP contribution in [0.15, 0.2) is 243 Å². The standard InChI is InChI=1S/C62H42N10/c1-9-25-41(26-10-1)49-51(43-29-13-3-14-30-43)57-63-55(49)65-59-53(45-33-17-5-18-34-45)71(47-37-21-7-22-38-47)62(69-59)68-58-52(44-31-15-4-16-32-44)50(42-27-11-2-12-28-42)56(64-58)66-60-54(46-35-19-6-20-36-46)72(61(67-57)70-60)48-39-23-8-24-40-48/h1-40H,(H,63,65,67,70)(H,64,66,68,69). The van der Waals surface area contributed by atoms with Gasteiger partial charge in [0.05, 0.1) is 0 Å². The molecule has 0 saturated carbocycles. The zero-order chi connectivity index (χ0) is 47.8. The predicted molar refractivity (Wildman–Crippen MR) is 290 cm³/mol. The molecule has 10 heteroatoms. The first kappa shape index (κ1) is 42.1. The van der Waals surface area contributed by atoms with Gasteiger partial charge >= 0.3 is 0 Å². The summed E-state index contributed by atoms with van der Waals surface area (Å²) in [4.78, 5) is 40.9. The molecule has 0 radical (unpaired) electrons. The number of aromatic nitrogens is 10. The van der Waals surface area contributed by atoms with Gasteiger partial charge in [0.2, 0.25) is 11.6 Å². The number of nitrogens with one attached hydrogen (secondary N) is 2. The van der Waals surface area contributed by atoms with Crippen molar-refractivity contribution in [2.24, 2.45) is 0 Å². The number of H-pyrrole nitrogens is 2. The van der Waals surface area contributed by atoms with Crippen LogP contribution in [0.25, 0.3) is 124 Å². The van der Waals surface area contributed by atoms with Gasteiger partial charge in [-0.3, -0.25) is 9.13 Å². The molecule has 5 aromatic heterocycles. The van der Waals surface area contributed by atoms with Crippen LogP contribution in [-0.2, 0) is 0 Å². The van der Waals surface area contributed by atoms with Gasteiger partial charge in [0, 0.05) is 44.8 Å². The SMILES string of the molecule is c1ccc(-c2c(-c3ccccc3)c3nc4nc(nc5[nH]c(nc6nc(nc2[nH]3)c(-c2ccccc2)n6-c2ccccc2)c(-c2ccccc2)c5-c2ccccc2)c(-c2ccccc2)n4-c2ccccc2)cc1. The molecule has 13 rings (SSSR count). The normalized spacial score (nSPS) is 11.3. The molecule has 8 aromatic carbocycles. The summed E-state index contributed by atoms with van der Waals surface area (Å²) in [6.07, 6.45) is 0. The first-order valence-electron chi connectivity index (χ1n) is 23.8. The molecule has 0 spiro atoms. The third kappa shape index (κ3) is 7.56. The number of nitrogens with zero attached hydrogens (tertiary/aromatic N) is 8. The lowest BCUT2D eigenvalue weighted by atomic mass is 9.98. The number of fused-ring (bicyclic) bond motifs is 8. The fraction of sp³-hybridized carbons (Fsp3) is 0. The summed E-state index contributed by atoms with van der Waals surface area (Å²) >= 11 is 0. The van der Waals surface area contributed by atoms with Crippen LogP contribution in [0.3, 0.4) is 0 Å². The second-order valence-corrected chi connectivity index (χ2v) is 17.3. The molecule has 72 heavy (non-hydrogen) atoms. The lowest BCUT2D eigenvalue weighted by Gasteiger charge is -2.09. The zero-order valence-corrected chi connectivity index (χ0v) is 38.7. The molecule has 10 nitrogen and oxygen atoms in total. The highest BCUT2D eigenvalue weighted by Crippen LogP contribution is 2.41. The summed E-state index contributed by atoms with van der Waals surface area (Å²) in [5, 5.41) is 0. The van der Waals surface area contributed by atoms with Gasteiger partial charge in [0.1, 0.15) is 34.0 Å². The average molecular weight is 927 g/mol. The monoisotopic (exact) mass is 926 g/mol. The molecule has 0 saturated heterocycles. The maximum Gasteiger partial charge on any atom is 0.238 e. The van der Waals surface area contributed by atoms with E-state index in [2.05, 4.69) is 116 Å². The van der Waals surface area contributed by atoms with Crippen LogP contribution < -0.4 is 0 Å². The van der Waals surface area contributed by atoms with E-state index in [0.717, 1.165) is 78.4 Å². The molecule has 13 aromatic rings. The van der Waals surface area contributed by atoms with Crippen LogP contribution in [0, 0.1) is 0 Å². The van der Waals surface area contributed by atoms with Gasteiger partial charge in [-0.1, -0.05) is 218 Å². The Bertz CT molecular complexity index is 3350. The molecule has 340 valence electrons. The summed E-state index contributed by atoms with van der Waals surface area (Å²) in [7, 11) is 0. The summed E-state index contributed by atoms with van der Waals surface area (Å²) < 4.78 is 4.19. The zero-order valence-electron chi connectivity index (χ0n) is 38.7. The van der Waals surface area contributed by atoms with Crippen molar-refractivity contribution >= 4 is 45.4 Å². The van der Waals surface area contributed by atoms with E-state index in [0.29, 0.717) is 45.4 Å². The number of benzene rings is 8. The molecular weight excluding hydrogens is 885 g/mol. The quantitative estimate of drug-likeness (QED) is 0.157. The molecule has 2 N–H and O–H groups in total. The van der Waals surface area contributed by atoms with Gasteiger partial charge in [-0.25, -0.2) is 9.97 Å². The van der Waals surface area contributed by atoms with Crippen LogP contribution in [-0.4, -0.2) is 49.0 Å². The van der Waals surface area contributed by atoms with Crippen molar-refractivity contribution in [2.45, 2.75) is 0 Å². The van der Waals surface area contributed by atoms with E-state index in [4.69, 9.17) is 29.9 Å². The van der Waals surface area contributed by atoms with E-state index in [1.807, 2.05) is 146 Å². The summed E-state index contributed by atoms with van der Waals surface area (Å²) in [6.45, 7) is 0. The van der Waals surface area contributed by atoms with E-state index in [9.17, 15) is 0 Å². The Morgan fingerprint density at radius 1 is 0.236 bits per heavy atom. The highest BCUT2D eigenvalue weighted by Gasteiger charge is 2.25. The van der Waals surface area contributed by atoms with Crippen molar-refractivity contribution in [2.75, 3.05) is 0 Å². The van der Waals surface area contributed by atoms with Crippen molar-refractivity contribution in [3.05, 3.63) is 243 Å². The van der Waals surface area contributed by atoms with Crippen LogP contribution in [0.2, 0.25) is 0 Å². The third-order valence-electron chi connectivity index (χ3n) is 12.8. The van der Waals surface area contributed by atoms with Crippen molar-refractivity contribution in [3.63, 3.8) is 0 Å². The van der Waals surface area contributed by atoms with Crippen LogP contribution in [0.4, 0.5) is 0 Å². The first-order chi connectivity index (χ1) is 35.7. The van der Waals surface area contributed by atoms with Crippen LogP contribution in [0.5, 0.6) is 0 Å². The summed E-state index contributed by atoms with van der Waals surface area (Å²) in [5.74, 6) is 0.828. The summed E-state index contributed by atoms with van der Waals surface area (Å²) in [5.41, 5.74) is 15.5. The minimum absolute atomic E-state index is 0.414. The van der Waals surface area contributed by atoms with Gasteiger partial charge < -0.3 is 9.97 Å². The molecule has 0 amide bonds. The number of para-hydroxylation sites is 2. The molecule has 0 atom stereocenters. The van der Waals surface area contributed by atoms with E-state index in [1.54, 1.807) is 0 Å². The van der Waals surface area contributed by atoms with Crippen LogP contribution >= 0.6 is 0 Å². The Labute approximate surface area is 413 Å². The van der Waals surface area contributed by atoms with Gasteiger partial charge in [0.15, 0.2) is 11.3 Å². The number of aromatic amines is 2. The smallest absolute Gasteiger partial charge is 0.238 e. The second kappa shape index (κ2) is 18.1. The Morgan fingerprint density at radius 3 is 0.750 bits per heavy atom. The Balaban J connectivity index is 1.32. The van der Waals surface area contributed by atoms with E-state index in [-0.39, 0.29) is 0 Å². The molecule has 0 aliphatic carbocycles. The van der Waals surface area contributed by atoms with E-state index >= 15 is 0 Å². The van der Waals surface area contributed by atoms with Crippen molar-refractivity contribution < 1.29 is 0 Å². The number of rotatable bonds is 8. The molecule has 0 aliphatic heterocycles. The van der Waals surface area contributed by atoms with Gasteiger partial charge in [0.25, 0.3) is 0 Å². The Morgan fingerprint density at radius 2 is 0.472 bits per heavy atom. The van der Waals surface area contributed by atoms with Crippen molar-refractivity contribution in [1.82, 2.24) is 49.0 Å². The van der Waals surface area contributed by atoms with E-state index < -0.39 is 0 Å². The van der Waals surface area contributed by atoms with Crippen LogP contribution in [0.1, 0.15) is 0 Å². The second-order valence-electron chi connectivity index (χ2n) is 17.3. The minimum Gasteiger partial charge on any atom is -0.324 e. The highest BCUT2D eigenvalue weighted by atomic mass is 15.2. The molecule has 0 fully saturated rings. The fourth-order valence-electron chi connectivity index (χ4n) is 9.69. The highest BCUT2D eigenvalue weighted by molar-refractivity contribution is 6.03. The Kier molecular flexibility index (Phi) is 10.6. The molecule has 5 heterocycles. The lowest BCUT2D eigenvalue weighted by molar-refractivity contribution is 1.08. The molecule has 0 aliphatic rings. The van der Waals surface area contributed by atoms with Crippen molar-refractivity contribution in [1.29, 1.82) is 0 Å². The van der Waals surface area contributed by atoms with Gasteiger partial charge in [-0.2, -0.15) is 19.9 Å². The fourth-order valence-corrected chi connectivity index (χ4v) is 9.69. The number of imidazole rings is 2. The lowest BCUT2D eigenvalue weighted by Crippen LogP contribution is -1.98. The number of hydrogen-bond acceptors (Lipinski definition) is 6. The average Bonchev–Trinajstić information content (AvgIpc) is 4.20. The number of hydrogen-bond donors (Lipinski definition) is 2. The van der Waals surface area contributed by atoms with Crippen molar-refractivity contribution in [3.8, 4) is 78.4 Å². The maximum absolute atomic E-state index is 5.62. The van der Waals surface area contributed by atoms with Gasteiger partial charge in [-0.05, 0) is 46.5 Å². The summed E-state index contributed by atoms with van der Waals surface area (Å²) in [6, 6.07) is 82.3. The third-order valence-corrected chi connectivity index (χ3v) is 12.8. The Hall–Kier alpha value is -10.1. The molecule has 0 unspecified atom stereocenters. The predicted octanol–water partition coefficient (Wildman–Crippen LogP) is 14.6. The topological polar surface area (TPSA) is 119 Å². The maximum atomic E-state index is 5.62. The van der Waals surface area contributed by atoms with Gasteiger partial charge in [-0.15, -0.1) is 0 Å². The molecular formula is C62H42N10. The van der Waals surface area contributed by atoms with E-state index in [1.165, 1.54) is 0 Å². The minimum atomic E-state index is 0.414.